The average molecular weight is 398 g/mol. The molecule has 0 heterocycles. The number of hydrogen-bond acceptors (Lipinski definition) is 5. The van der Waals surface area contributed by atoms with Crippen molar-refractivity contribution in [2.75, 3.05) is 19.0 Å². The molecule has 0 saturated heterocycles. The molecule has 7 nitrogen and oxygen atoms in total. The van der Waals surface area contributed by atoms with Gasteiger partial charge in [-0.3, -0.25) is 14.4 Å². The smallest absolute Gasteiger partial charge is 0.326 e. The maximum atomic E-state index is 12.4. The number of anilines is 1. The summed E-state index contributed by atoms with van der Waals surface area (Å²) >= 11 is 0. The summed E-state index contributed by atoms with van der Waals surface area (Å²) in [6.45, 7) is 6.92. The number of carbonyl (C=O) groups is 3. The Morgan fingerprint density at radius 1 is 1.03 bits per heavy atom. The van der Waals surface area contributed by atoms with Gasteiger partial charge in [-0.25, -0.2) is 0 Å². The molecule has 0 radical (unpaired) electrons. The minimum atomic E-state index is -1.00. The Balaban J connectivity index is 1.88. The topological polar surface area (TPSA) is 93.7 Å². The van der Waals surface area contributed by atoms with Crippen molar-refractivity contribution < 1.29 is 23.9 Å². The summed E-state index contributed by atoms with van der Waals surface area (Å²) in [6, 6.07) is 10.5. The first-order chi connectivity index (χ1) is 13.7. The molecule has 0 aliphatic heterocycles. The first-order valence-electron chi connectivity index (χ1n) is 9.21. The molecular formula is C22H26N2O5. The number of methoxy groups -OCH3 is 1. The van der Waals surface area contributed by atoms with Crippen molar-refractivity contribution in [2.24, 2.45) is 0 Å². The lowest BCUT2D eigenvalue weighted by Crippen LogP contribution is -2.36. The molecule has 0 saturated carbocycles. The van der Waals surface area contributed by atoms with Gasteiger partial charge in [0.25, 0.3) is 11.8 Å². The minimum Gasteiger partial charge on any atom is -0.497 e. The highest BCUT2D eigenvalue weighted by atomic mass is 16.5. The quantitative estimate of drug-likeness (QED) is 0.700. The molecule has 0 aliphatic rings. The van der Waals surface area contributed by atoms with Crippen LogP contribution in [-0.2, 0) is 14.3 Å². The Kier molecular flexibility index (Phi) is 7.36. The third kappa shape index (κ3) is 6.07. The van der Waals surface area contributed by atoms with Crippen LogP contribution in [0.1, 0.15) is 34.0 Å². The second-order valence-corrected chi connectivity index (χ2v) is 6.81. The normalized spacial score (nSPS) is 11.3. The van der Waals surface area contributed by atoms with Crippen molar-refractivity contribution in [2.45, 2.75) is 33.8 Å². The lowest BCUT2D eigenvalue weighted by atomic mass is 10.0. The number of esters is 1. The van der Waals surface area contributed by atoms with Crippen LogP contribution < -0.4 is 15.4 Å². The highest BCUT2D eigenvalue weighted by Gasteiger charge is 2.20. The van der Waals surface area contributed by atoms with Crippen LogP contribution in [0, 0.1) is 20.8 Å². The monoisotopic (exact) mass is 398 g/mol. The van der Waals surface area contributed by atoms with Crippen molar-refractivity contribution in [1.82, 2.24) is 5.32 Å². The fourth-order valence-corrected chi connectivity index (χ4v) is 2.91. The van der Waals surface area contributed by atoms with Gasteiger partial charge in [0.1, 0.15) is 12.3 Å². The van der Waals surface area contributed by atoms with Gasteiger partial charge in [0.05, 0.1) is 7.11 Å². The number of carbonyl (C=O) groups excluding carboxylic acids is 3. The van der Waals surface area contributed by atoms with Crippen molar-refractivity contribution in [3.05, 3.63) is 58.7 Å². The molecule has 2 aromatic carbocycles. The van der Waals surface area contributed by atoms with E-state index in [1.165, 1.54) is 14.0 Å². The molecule has 0 aliphatic carbocycles. The van der Waals surface area contributed by atoms with Crippen LogP contribution in [0.5, 0.6) is 5.75 Å². The molecule has 1 atom stereocenters. The molecule has 154 valence electrons. The molecule has 2 N–H and O–H groups in total. The number of nitrogens with one attached hydrogen (secondary N) is 2. The number of hydrogen-bond donors (Lipinski definition) is 2. The van der Waals surface area contributed by atoms with E-state index in [1.807, 2.05) is 32.9 Å². The summed E-state index contributed by atoms with van der Waals surface area (Å²) in [7, 11) is 1.50. The maximum Gasteiger partial charge on any atom is 0.326 e. The van der Waals surface area contributed by atoms with Gasteiger partial charge in [-0.2, -0.15) is 0 Å². The van der Waals surface area contributed by atoms with Crippen LogP contribution >= 0.6 is 0 Å². The lowest BCUT2D eigenvalue weighted by molar-refractivity contribution is -0.152. The number of aryl methyl sites for hydroxylation is 3. The first-order valence-corrected chi connectivity index (χ1v) is 9.21. The zero-order chi connectivity index (χ0) is 21.6. The third-order valence-electron chi connectivity index (χ3n) is 4.33. The molecule has 7 heteroatoms. The lowest BCUT2D eigenvalue weighted by Gasteiger charge is -2.17. The molecule has 29 heavy (non-hydrogen) atoms. The molecule has 2 aromatic rings. The Hall–Kier alpha value is -3.35. The summed E-state index contributed by atoms with van der Waals surface area (Å²) < 4.78 is 10.2. The van der Waals surface area contributed by atoms with Crippen LogP contribution in [0.3, 0.4) is 0 Å². The van der Waals surface area contributed by atoms with Gasteiger partial charge in [-0.15, -0.1) is 0 Å². The van der Waals surface area contributed by atoms with E-state index in [9.17, 15) is 14.4 Å². The Bertz CT molecular complexity index is 900. The van der Waals surface area contributed by atoms with E-state index in [1.54, 1.807) is 24.3 Å². The van der Waals surface area contributed by atoms with Crippen molar-refractivity contribution in [1.29, 1.82) is 0 Å². The van der Waals surface area contributed by atoms with Gasteiger partial charge < -0.3 is 20.1 Å². The zero-order valence-corrected chi connectivity index (χ0v) is 17.3. The van der Waals surface area contributed by atoms with Crippen LogP contribution in [0.2, 0.25) is 0 Å². The maximum absolute atomic E-state index is 12.4. The van der Waals surface area contributed by atoms with Gasteiger partial charge in [0.2, 0.25) is 0 Å². The first kappa shape index (κ1) is 21.9. The van der Waals surface area contributed by atoms with Gasteiger partial charge in [-0.1, -0.05) is 23.8 Å². The summed E-state index contributed by atoms with van der Waals surface area (Å²) in [5.41, 5.74) is 4.02. The van der Waals surface area contributed by atoms with Crippen molar-refractivity contribution >= 4 is 23.5 Å². The third-order valence-corrected chi connectivity index (χ3v) is 4.33. The molecule has 2 rings (SSSR count). The number of amides is 2. The van der Waals surface area contributed by atoms with E-state index in [4.69, 9.17) is 9.47 Å². The Labute approximate surface area is 170 Å². The summed E-state index contributed by atoms with van der Waals surface area (Å²) in [6.07, 6.45) is -1.00. The summed E-state index contributed by atoms with van der Waals surface area (Å²) in [4.78, 5) is 36.5. The van der Waals surface area contributed by atoms with Gasteiger partial charge in [0, 0.05) is 11.3 Å². The highest BCUT2D eigenvalue weighted by Crippen LogP contribution is 2.22. The standard InChI is InChI=1S/C22H26N2O5/c1-13-9-14(2)20(15(3)10-13)24-21(26)16(4)29-19(25)12-23-22(27)17-7-6-8-18(11-17)28-5/h6-11,16H,12H2,1-5H3,(H,23,27)(H,24,26)/t16-/m0/s1. The second-order valence-electron chi connectivity index (χ2n) is 6.81. The van der Waals surface area contributed by atoms with E-state index in [0.717, 1.165) is 16.7 Å². The molecule has 0 spiro atoms. The SMILES string of the molecule is COc1cccc(C(=O)NCC(=O)O[C@@H](C)C(=O)Nc2c(C)cc(C)cc2C)c1. The van der Waals surface area contributed by atoms with E-state index in [2.05, 4.69) is 10.6 Å². The predicted molar refractivity (Wildman–Crippen MR) is 110 cm³/mol. The van der Waals surface area contributed by atoms with E-state index in [-0.39, 0.29) is 6.54 Å². The molecule has 0 unspecified atom stereocenters. The Morgan fingerprint density at radius 3 is 2.31 bits per heavy atom. The second kappa shape index (κ2) is 9.73. The van der Waals surface area contributed by atoms with Crippen LogP contribution in [0.25, 0.3) is 0 Å². The fraction of sp³-hybridized carbons (Fsp3) is 0.318. The van der Waals surface area contributed by atoms with E-state index >= 15 is 0 Å². The van der Waals surface area contributed by atoms with Crippen LogP contribution in [-0.4, -0.2) is 37.5 Å². The molecule has 0 bridgehead atoms. The average Bonchev–Trinajstić information content (AvgIpc) is 2.68. The van der Waals surface area contributed by atoms with Crippen molar-refractivity contribution in [3.63, 3.8) is 0 Å². The highest BCUT2D eigenvalue weighted by molar-refractivity contribution is 5.98. The summed E-state index contributed by atoms with van der Waals surface area (Å²) in [5, 5.41) is 5.26. The number of rotatable bonds is 7. The molecule has 0 fully saturated rings. The summed E-state index contributed by atoms with van der Waals surface area (Å²) in [5.74, 6) is -1.05. The number of ether oxygens (including phenoxy) is 2. The molecule has 0 aromatic heterocycles. The van der Waals surface area contributed by atoms with Gasteiger partial charge in [-0.05, 0) is 57.0 Å². The molecular weight excluding hydrogens is 372 g/mol. The van der Waals surface area contributed by atoms with E-state index in [0.29, 0.717) is 17.0 Å². The Morgan fingerprint density at radius 2 is 1.69 bits per heavy atom. The predicted octanol–water partition coefficient (Wildman–Crippen LogP) is 2.92. The minimum absolute atomic E-state index is 0.351. The fourth-order valence-electron chi connectivity index (χ4n) is 2.91. The van der Waals surface area contributed by atoms with Crippen LogP contribution in [0.15, 0.2) is 36.4 Å². The van der Waals surface area contributed by atoms with Gasteiger partial charge in [0.15, 0.2) is 6.10 Å². The van der Waals surface area contributed by atoms with Gasteiger partial charge >= 0.3 is 5.97 Å². The molecule has 2 amide bonds. The van der Waals surface area contributed by atoms with Crippen LogP contribution in [0.4, 0.5) is 5.69 Å². The van der Waals surface area contributed by atoms with E-state index < -0.39 is 23.9 Å². The van der Waals surface area contributed by atoms with Crippen molar-refractivity contribution in [3.8, 4) is 5.75 Å². The number of benzene rings is 2. The zero-order valence-electron chi connectivity index (χ0n) is 17.3. The largest absolute Gasteiger partial charge is 0.497 e.